The lowest BCUT2D eigenvalue weighted by Gasteiger charge is -2.35. The van der Waals surface area contributed by atoms with Crippen molar-refractivity contribution in [1.82, 2.24) is 10.3 Å². The van der Waals surface area contributed by atoms with E-state index >= 15 is 0 Å². The van der Waals surface area contributed by atoms with E-state index in [2.05, 4.69) is 29.4 Å². The van der Waals surface area contributed by atoms with Crippen LogP contribution in [0.3, 0.4) is 0 Å². The molecule has 2 rings (SSSR count). The van der Waals surface area contributed by atoms with Gasteiger partial charge in [-0.1, -0.05) is 32.3 Å². The molecule has 0 saturated heterocycles. The summed E-state index contributed by atoms with van der Waals surface area (Å²) < 4.78 is 5.89. The lowest BCUT2D eigenvalue weighted by atomic mass is 9.81. The summed E-state index contributed by atoms with van der Waals surface area (Å²) in [4.78, 5) is 4.47. The fraction of sp³-hybridized carbons (Fsp3) is 0.706. The van der Waals surface area contributed by atoms with E-state index in [0.717, 1.165) is 18.7 Å². The van der Waals surface area contributed by atoms with Gasteiger partial charge in [0.15, 0.2) is 0 Å². The van der Waals surface area contributed by atoms with Crippen LogP contribution >= 0.6 is 0 Å². The summed E-state index contributed by atoms with van der Waals surface area (Å²) in [6.07, 6.45) is 9.84. The number of aromatic nitrogens is 1. The van der Waals surface area contributed by atoms with Crippen LogP contribution in [-0.2, 0) is 11.2 Å². The molecule has 1 N–H and O–H groups in total. The van der Waals surface area contributed by atoms with Gasteiger partial charge in [0.2, 0.25) is 0 Å². The molecule has 1 heterocycles. The maximum absolute atomic E-state index is 5.89. The average molecular weight is 276 g/mol. The van der Waals surface area contributed by atoms with Crippen LogP contribution < -0.4 is 5.32 Å². The summed E-state index contributed by atoms with van der Waals surface area (Å²) >= 11 is 0. The zero-order valence-electron chi connectivity index (χ0n) is 12.8. The molecule has 1 aliphatic rings. The van der Waals surface area contributed by atoms with Crippen LogP contribution in [0.2, 0.25) is 0 Å². The number of hydrogen-bond acceptors (Lipinski definition) is 3. The molecular formula is C17H28N2O. The van der Waals surface area contributed by atoms with Gasteiger partial charge in [0.25, 0.3) is 0 Å². The fourth-order valence-electron chi connectivity index (χ4n) is 3.46. The molecule has 3 heteroatoms. The van der Waals surface area contributed by atoms with Crippen molar-refractivity contribution >= 4 is 0 Å². The molecular weight excluding hydrogens is 248 g/mol. The molecule has 112 valence electrons. The quantitative estimate of drug-likeness (QED) is 0.830. The smallest absolute Gasteiger partial charge is 0.0756 e. The standard InChI is InChI=1S/C17H28N2O/c1-3-18-16(13-15-11-7-8-12-19-15)17(20-2)14-9-5-4-6-10-14/h7-8,11-12,14,16-18H,3-6,9-10,13H2,1-2H3. The van der Waals surface area contributed by atoms with Gasteiger partial charge in [-0.3, -0.25) is 4.98 Å². The Morgan fingerprint density at radius 1 is 1.30 bits per heavy atom. The molecule has 1 aliphatic carbocycles. The number of nitrogens with zero attached hydrogens (tertiary/aromatic N) is 1. The van der Waals surface area contributed by atoms with E-state index in [9.17, 15) is 0 Å². The first kappa shape index (κ1) is 15.5. The molecule has 20 heavy (non-hydrogen) atoms. The molecule has 3 nitrogen and oxygen atoms in total. The first-order valence-corrected chi connectivity index (χ1v) is 8.01. The summed E-state index contributed by atoms with van der Waals surface area (Å²) in [5.41, 5.74) is 1.15. The van der Waals surface area contributed by atoms with Crippen molar-refractivity contribution in [2.75, 3.05) is 13.7 Å². The van der Waals surface area contributed by atoms with Crippen molar-refractivity contribution in [2.45, 2.75) is 57.6 Å². The summed E-state index contributed by atoms with van der Waals surface area (Å²) in [5.74, 6) is 0.696. The lowest BCUT2D eigenvalue weighted by molar-refractivity contribution is 0.00847. The summed E-state index contributed by atoms with van der Waals surface area (Å²) in [5, 5.41) is 3.61. The van der Waals surface area contributed by atoms with Gasteiger partial charge in [0.1, 0.15) is 0 Å². The zero-order valence-corrected chi connectivity index (χ0v) is 12.8. The van der Waals surface area contributed by atoms with Crippen molar-refractivity contribution in [1.29, 1.82) is 0 Å². The second-order valence-corrected chi connectivity index (χ2v) is 5.79. The Balaban J connectivity index is 2.04. The molecule has 0 bridgehead atoms. The molecule has 1 aromatic heterocycles. The van der Waals surface area contributed by atoms with Gasteiger partial charge < -0.3 is 10.1 Å². The van der Waals surface area contributed by atoms with Gasteiger partial charge in [-0.15, -0.1) is 0 Å². The molecule has 2 unspecified atom stereocenters. The van der Waals surface area contributed by atoms with Crippen molar-refractivity contribution in [2.24, 2.45) is 5.92 Å². The Morgan fingerprint density at radius 3 is 2.70 bits per heavy atom. The summed E-state index contributed by atoms with van der Waals surface area (Å²) in [6, 6.07) is 6.51. The maximum atomic E-state index is 5.89. The lowest BCUT2D eigenvalue weighted by Crippen LogP contribution is -2.47. The maximum Gasteiger partial charge on any atom is 0.0756 e. The van der Waals surface area contributed by atoms with E-state index < -0.39 is 0 Å². The zero-order chi connectivity index (χ0) is 14.2. The van der Waals surface area contributed by atoms with Crippen molar-refractivity contribution in [3.8, 4) is 0 Å². The first-order valence-electron chi connectivity index (χ1n) is 8.01. The molecule has 1 saturated carbocycles. The number of methoxy groups -OCH3 is 1. The molecule has 2 atom stereocenters. The van der Waals surface area contributed by atoms with Gasteiger partial charge in [-0.05, 0) is 37.4 Å². The SMILES string of the molecule is CCNC(Cc1ccccn1)C(OC)C1CCCCC1. The Bertz CT molecular complexity index is 363. The van der Waals surface area contributed by atoms with Crippen molar-refractivity contribution in [3.63, 3.8) is 0 Å². The van der Waals surface area contributed by atoms with E-state index in [-0.39, 0.29) is 0 Å². The molecule has 0 aliphatic heterocycles. The van der Waals surface area contributed by atoms with Gasteiger partial charge in [0.05, 0.1) is 6.10 Å². The van der Waals surface area contributed by atoms with Gasteiger partial charge >= 0.3 is 0 Å². The molecule has 1 aromatic rings. The highest BCUT2D eigenvalue weighted by molar-refractivity contribution is 5.06. The number of rotatable bonds is 7. The van der Waals surface area contributed by atoms with Crippen molar-refractivity contribution < 1.29 is 4.74 Å². The van der Waals surface area contributed by atoms with Crippen LogP contribution in [0.1, 0.15) is 44.7 Å². The third-order valence-corrected chi connectivity index (χ3v) is 4.40. The van der Waals surface area contributed by atoms with Gasteiger partial charge in [-0.2, -0.15) is 0 Å². The van der Waals surface area contributed by atoms with Crippen LogP contribution in [0.4, 0.5) is 0 Å². The second-order valence-electron chi connectivity index (χ2n) is 5.79. The monoisotopic (exact) mass is 276 g/mol. The predicted octanol–water partition coefficient (Wildman–Crippen LogP) is 3.20. The summed E-state index contributed by atoms with van der Waals surface area (Å²) in [6.45, 7) is 3.14. The molecule has 0 radical (unpaired) electrons. The Kier molecular flexibility index (Phi) is 6.48. The van der Waals surface area contributed by atoms with Gasteiger partial charge in [-0.25, -0.2) is 0 Å². The highest BCUT2D eigenvalue weighted by Crippen LogP contribution is 2.30. The van der Waals surface area contributed by atoms with E-state index in [1.54, 1.807) is 0 Å². The second kappa shape index (κ2) is 8.38. The number of ether oxygens (including phenoxy) is 1. The van der Waals surface area contributed by atoms with E-state index in [1.165, 1.54) is 32.1 Å². The molecule has 0 spiro atoms. The molecule has 0 aromatic carbocycles. The summed E-state index contributed by atoms with van der Waals surface area (Å²) in [7, 11) is 1.86. The minimum absolute atomic E-state index is 0.303. The predicted molar refractivity (Wildman–Crippen MR) is 82.8 cm³/mol. The third kappa shape index (κ3) is 4.29. The molecule has 0 amide bonds. The number of hydrogen-bond donors (Lipinski definition) is 1. The Labute approximate surface area is 123 Å². The van der Waals surface area contributed by atoms with Crippen LogP contribution in [0, 0.1) is 5.92 Å². The first-order chi connectivity index (χ1) is 9.85. The topological polar surface area (TPSA) is 34.2 Å². The highest BCUT2D eigenvalue weighted by atomic mass is 16.5. The van der Waals surface area contributed by atoms with E-state index in [4.69, 9.17) is 4.74 Å². The van der Waals surface area contributed by atoms with Crippen molar-refractivity contribution in [3.05, 3.63) is 30.1 Å². The Morgan fingerprint density at radius 2 is 2.10 bits per heavy atom. The van der Waals surface area contributed by atoms with Crippen LogP contribution in [0.25, 0.3) is 0 Å². The Hall–Kier alpha value is -0.930. The molecule has 1 fully saturated rings. The minimum atomic E-state index is 0.303. The van der Waals surface area contributed by atoms with Crippen LogP contribution in [0.5, 0.6) is 0 Å². The fourth-order valence-corrected chi connectivity index (χ4v) is 3.46. The normalized spacial score (nSPS) is 19.7. The third-order valence-electron chi connectivity index (χ3n) is 4.40. The van der Waals surface area contributed by atoms with Crippen LogP contribution in [0.15, 0.2) is 24.4 Å². The largest absolute Gasteiger partial charge is 0.380 e. The number of pyridine rings is 1. The highest BCUT2D eigenvalue weighted by Gasteiger charge is 2.30. The van der Waals surface area contributed by atoms with E-state index in [0.29, 0.717) is 18.1 Å². The number of likely N-dealkylation sites (N-methyl/N-ethyl adjacent to an activating group) is 1. The average Bonchev–Trinajstić information content (AvgIpc) is 2.50. The van der Waals surface area contributed by atoms with Crippen LogP contribution in [-0.4, -0.2) is 30.8 Å². The minimum Gasteiger partial charge on any atom is -0.380 e. The number of nitrogens with one attached hydrogen (secondary N) is 1. The van der Waals surface area contributed by atoms with Gasteiger partial charge in [0, 0.05) is 31.5 Å². The van der Waals surface area contributed by atoms with E-state index in [1.807, 2.05) is 19.4 Å².